The first-order chi connectivity index (χ1) is 6.24. The molecule has 2 nitrogen and oxygen atoms in total. The molecule has 1 unspecified atom stereocenters. The summed E-state index contributed by atoms with van der Waals surface area (Å²) in [6, 6.07) is 7.34. The van der Waals surface area contributed by atoms with Crippen LogP contribution in [0, 0.1) is 0 Å². The van der Waals surface area contributed by atoms with Crippen LogP contribution in [0.4, 0.5) is 5.69 Å². The van der Waals surface area contributed by atoms with Gasteiger partial charge in [0.2, 0.25) is 0 Å². The Bertz CT molecular complexity index is 283. The molecule has 1 aromatic rings. The topological polar surface area (TPSA) is 46.2 Å². The van der Waals surface area contributed by atoms with Crippen LogP contribution in [0.5, 0.6) is 0 Å². The van der Waals surface area contributed by atoms with Gasteiger partial charge in [0.1, 0.15) is 0 Å². The Morgan fingerprint density at radius 1 is 1.54 bits per heavy atom. The molecule has 0 aliphatic heterocycles. The number of nitrogen functional groups attached to an aromatic ring is 1. The van der Waals surface area contributed by atoms with Crippen LogP contribution in [0.1, 0.15) is 24.5 Å². The molecule has 0 fully saturated rings. The van der Waals surface area contributed by atoms with Gasteiger partial charge in [-0.15, -0.1) is 6.58 Å². The predicted molar refractivity (Wildman–Crippen MR) is 55.2 cm³/mol. The van der Waals surface area contributed by atoms with Crippen molar-refractivity contribution in [1.29, 1.82) is 0 Å². The molecule has 70 valence electrons. The Labute approximate surface area is 78.7 Å². The summed E-state index contributed by atoms with van der Waals surface area (Å²) < 4.78 is 0. The van der Waals surface area contributed by atoms with Crippen LogP contribution >= 0.6 is 0 Å². The molecule has 0 saturated carbocycles. The molecule has 0 amide bonds. The molecule has 2 heteroatoms. The molecular formula is C11H15NO. The lowest BCUT2D eigenvalue weighted by Gasteiger charge is -2.09. The summed E-state index contributed by atoms with van der Waals surface area (Å²) in [6.45, 7) is 3.61. The van der Waals surface area contributed by atoms with Crippen molar-refractivity contribution in [3.8, 4) is 0 Å². The first-order valence-corrected chi connectivity index (χ1v) is 4.38. The molecule has 0 aliphatic carbocycles. The van der Waals surface area contributed by atoms with E-state index in [-0.39, 0.29) is 0 Å². The van der Waals surface area contributed by atoms with Gasteiger partial charge < -0.3 is 10.8 Å². The monoisotopic (exact) mass is 177 g/mol. The molecule has 1 aromatic carbocycles. The Kier molecular flexibility index (Phi) is 3.53. The van der Waals surface area contributed by atoms with Gasteiger partial charge in [0.25, 0.3) is 0 Å². The van der Waals surface area contributed by atoms with Crippen molar-refractivity contribution >= 4 is 5.69 Å². The highest BCUT2D eigenvalue weighted by Crippen LogP contribution is 2.19. The fourth-order valence-electron chi connectivity index (χ4n) is 1.21. The molecule has 0 aliphatic rings. The van der Waals surface area contributed by atoms with Crippen molar-refractivity contribution in [1.82, 2.24) is 0 Å². The number of nitrogens with two attached hydrogens (primary N) is 1. The minimum Gasteiger partial charge on any atom is -0.399 e. The van der Waals surface area contributed by atoms with Crippen LogP contribution in [0.25, 0.3) is 0 Å². The highest BCUT2D eigenvalue weighted by Gasteiger charge is 2.05. The van der Waals surface area contributed by atoms with Gasteiger partial charge in [0.05, 0.1) is 6.10 Å². The number of rotatable bonds is 4. The van der Waals surface area contributed by atoms with Crippen molar-refractivity contribution in [3.63, 3.8) is 0 Å². The first kappa shape index (κ1) is 9.81. The summed E-state index contributed by atoms with van der Waals surface area (Å²) in [6.07, 6.45) is 2.89. The van der Waals surface area contributed by atoms with E-state index in [2.05, 4.69) is 6.58 Å². The summed E-state index contributed by atoms with van der Waals surface area (Å²) >= 11 is 0. The van der Waals surface area contributed by atoms with Gasteiger partial charge in [-0.2, -0.15) is 0 Å². The van der Waals surface area contributed by atoms with Gasteiger partial charge in [-0.25, -0.2) is 0 Å². The summed E-state index contributed by atoms with van der Waals surface area (Å²) in [5, 5.41) is 9.67. The third-order valence-corrected chi connectivity index (χ3v) is 1.94. The van der Waals surface area contributed by atoms with Crippen molar-refractivity contribution in [2.75, 3.05) is 5.73 Å². The number of aliphatic hydroxyl groups excluding tert-OH is 1. The van der Waals surface area contributed by atoms with Crippen LogP contribution in [0.15, 0.2) is 36.9 Å². The SMILES string of the molecule is C=CCCC(O)c1cccc(N)c1. The second kappa shape index (κ2) is 4.67. The summed E-state index contributed by atoms with van der Waals surface area (Å²) in [4.78, 5) is 0. The number of allylic oxidation sites excluding steroid dienone is 1. The number of hydrogen-bond acceptors (Lipinski definition) is 2. The summed E-state index contributed by atoms with van der Waals surface area (Å²) in [5.41, 5.74) is 7.16. The highest BCUT2D eigenvalue weighted by atomic mass is 16.3. The lowest BCUT2D eigenvalue weighted by molar-refractivity contribution is 0.169. The zero-order chi connectivity index (χ0) is 9.68. The van der Waals surface area contributed by atoms with Gasteiger partial charge in [0.15, 0.2) is 0 Å². The van der Waals surface area contributed by atoms with Crippen LogP contribution in [-0.2, 0) is 0 Å². The standard InChI is InChI=1S/C11H15NO/c1-2-3-7-11(13)9-5-4-6-10(12)8-9/h2,4-6,8,11,13H,1,3,7,12H2. The molecule has 0 heterocycles. The third kappa shape index (κ3) is 2.92. The zero-order valence-corrected chi connectivity index (χ0v) is 7.61. The molecule has 1 atom stereocenters. The average molecular weight is 177 g/mol. The molecule has 0 spiro atoms. The van der Waals surface area contributed by atoms with Crippen molar-refractivity contribution in [2.24, 2.45) is 0 Å². The highest BCUT2D eigenvalue weighted by molar-refractivity contribution is 5.41. The third-order valence-electron chi connectivity index (χ3n) is 1.94. The van der Waals surface area contributed by atoms with Gasteiger partial charge in [-0.1, -0.05) is 18.2 Å². The predicted octanol–water partition coefficient (Wildman–Crippen LogP) is 2.27. The van der Waals surface area contributed by atoms with E-state index >= 15 is 0 Å². The van der Waals surface area contributed by atoms with E-state index in [1.54, 1.807) is 12.1 Å². The Morgan fingerprint density at radius 2 is 2.31 bits per heavy atom. The van der Waals surface area contributed by atoms with E-state index in [0.717, 1.165) is 12.0 Å². The second-order valence-electron chi connectivity index (χ2n) is 3.05. The maximum Gasteiger partial charge on any atom is 0.0793 e. The molecule has 1 rings (SSSR count). The quantitative estimate of drug-likeness (QED) is 0.547. The van der Waals surface area contributed by atoms with Crippen molar-refractivity contribution in [3.05, 3.63) is 42.5 Å². The van der Waals surface area contributed by atoms with Crippen molar-refractivity contribution in [2.45, 2.75) is 18.9 Å². The van der Waals surface area contributed by atoms with E-state index in [1.807, 2.05) is 18.2 Å². The smallest absolute Gasteiger partial charge is 0.0793 e. The van der Waals surface area contributed by atoms with E-state index in [9.17, 15) is 5.11 Å². The Balaban J connectivity index is 2.65. The lowest BCUT2D eigenvalue weighted by atomic mass is 10.0. The Morgan fingerprint density at radius 3 is 2.92 bits per heavy atom. The minimum atomic E-state index is -0.429. The summed E-state index contributed by atoms with van der Waals surface area (Å²) in [5.74, 6) is 0. The number of aliphatic hydroxyl groups is 1. The zero-order valence-electron chi connectivity index (χ0n) is 7.61. The fraction of sp³-hybridized carbons (Fsp3) is 0.273. The maximum atomic E-state index is 9.67. The molecule has 0 saturated heterocycles. The number of hydrogen-bond donors (Lipinski definition) is 2. The molecule has 3 N–H and O–H groups in total. The molecule has 0 aromatic heterocycles. The van der Waals surface area contributed by atoms with E-state index in [0.29, 0.717) is 12.1 Å². The largest absolute Gasteiger partial charge is 0.399 e. The van der Waals surface area contributed by atoms with E-state index in [1.165, 1.54) is 0 Å². The summed E-state index contributed by atoms with van der Waals surface area (Å²) in [7, 11) is 0. The number of anilines is 1. The normalized spacial score (nSPS) is 12.4. The van der Waals surface area contributed by atoms with Crippen LogP contribution in [0.2, 0.25) is 0 Å². The lowest BCUT2D eigenvalue weighted by Crippen LogP contribution is -1.97. The van der Waals surface area contributed by atoms with E-state index in [4.69, 9.17) is 5.73 Å². The molecule has 0 radical (unpaired) electrons. The molecule has 0 bridgehead atoms. The van der Waals surface area contributed by atoms with Gasteiger partial charge >= 0.3 is 0 Å². The van der Waals surface area contributed by atoms with Gasteiger partial charge in [-0.3, -0.25) is 0 Å². The fourth-order valence-corrected chi connectivity index (χ4v) is 1.21. The van der Waals surface area contributed by atoms with Gasteiger partial charge in [0, 0.05) is 5.69 Å². The number of benzene rings is 1. The second-order valence-corrected chi connectivity index (χ2v) is 3.05. The molecular weight excluding hydrogens is 162 g/mol. The van der Waals surface area contributed by atoms with Crippen LogP contribution in [0.3, 0.4) is 0 Å². The van der Waals surface area contributed by atoms with Gasteiger partial charge in [-0.05, 0) is 30.5 Å². The minimum absolute atomic E-state index is 0.429. The van der Waals surface area contributed by atoms with Crippen LogP contribution < -0.4 is 5.73 Å². The van der Waals surface area contributed by atoms with E-state index < -0.39 is 6.10 Å². The van der Waals surface area contributed by atoms with Crippen molar-refractivity contribution < 1.29 is 5.11 Å². The van der Waals surface area contributed by atoms with Crippen LogP contribution in [-0.4, -0.2) is 5.11 Å². The first-order valence-electron chi connectivity index (χ1n) is 4.38. The maximum absolute atomic E-state index is 9.67. The average Bonchev–Trinajstić information content (AvgIpc) is 2.14. The Hall–Kier alpha value is -1.28. The molecule has 13 heavy (non-hydrogen) atoms.